The third kappa shape index (κ3) is 4.88. The number of hydrogen-bond acceptors (Lipinski definition) is 4. The molecule has 3 atom stereocenters. The highest BCUT2D eigenvalue weighted by Gasteiger charge is 2.46. The Balaban J connectivity index is 1.37. The second-order valence-corrected chi connectivity index (χ2v) is 9.77. The van der Waals surface area contributed by atoms with Crippen LogP contribution in [0.2, 0.25) is 0 Å². The summed E-state index contributed by atoms with van der Waals surface area (Å²) >= 11 is 0. The van der Waals surface area contributed by atoms with Crippen molar-refractivity contribution in [1.82, 2.24) is 10.2 Å². The predicted octanol–water partition coefficient (Wildman–Crippen LogP) is 4.02. The van der Waals surface area contributed by atoms with E-state index in [2.05, 4.69) is 29.6 Å². The van der Waals surface area contributed by atoms with Crippen LogP contribution in [0.3, 0.4) is 0 Å². The zero-order chi connectivity index (χ0) is 21.0. The Hall–Kier alpha value is -1.88. The highest BCUT2D eigenvalue weighted by atomic mass is 16.2. The molecule has 0 aromatic heterocycles. The van der Waals surface area contributed by atoms with Crippen LogP contribution in [0.25, 0.3) is 0 Å². The van der Waals surface area contributed by atoms with Crippen LogP contribution in [-0.2, 0) is 11.2 Å². The molecule has 0 radical (unpaired) electrons. The van der Waals surface area contributed by atoms with Gasteiger partial charge in [0, 0.05) is 19.1 Å². The quantitative estimate of drug-likeness (QED) is 0.680. The number of aliphatic imine (C=N–C) groups is 1. The summed E-state index contributed by atoms with van der Waals surface area (Å²) in [7, 11) is 1.76. The van der Waals surface area contributed by atoms with E-state index in [1.165, 1.54) is 56.9 Å². The monoisotopic (exact) mass is 410 g/mol. The first-order valence-corrected chi connectivity index (χ1v) is 12.0. The first-order chi connectivity index (χ1) is 14.6. The van der Waals surface area contributed by atoms with Crippen molar-refractivity contribution >= 4 is 11.9 Å². The molecule has 164 valence electrons. The summed E-state index contributed by atoms with van der Waals surface area (Å²) in [5, 5.41) is 3.93. The average molecular weight is 411 g/mol. The smallest absolute Gasteiger partial charge is 0.257 e. The zero-order valence-corrected chi connectivity index (χ0v) is 18.5. The lowest BCUT2D eigenvalue weighted by atomic mass is 9.78. The molecule has 5 nitrogen and oxygen atoms in total. The maximum atomic E-state index is 13.1. The number of likely N-dealkylation sites (N-methyl/N-ethyl adjacent to an activating group) is 1. The summed E-state index contributed by atoms with van der Waals surface area (Å²) in [4.78, 5) is 19.4. The fourth-order valence-corrected chi connectivity index (χ4v) is 5.78. The van der Waals surface area contributed by atoms with E-state index < -0.39 is 5.54 Å². The van der Waals surface area contributed by atoms with Crippen LogP contribution in [0, 0.1) is 5.92 Å². The number of carbonyl (C=O) groups excluding carboxylic acids is 1. The third-order valence-electron chi connectivity index (χ3n) is 7.62. The lowest BCUT2D eigenvalue weighted by molar-refractivity contribution is -0.130. The van der Waals surface area contributed by atoms with Crippen LogP contribution >= 0.6 is 0 Å². The number of amides is 1. The number of aryl methyl sites for hydroxylation is 1. The van der Waals surface area contributed by atoms with Crippen molar-refractivity contribution in [2.24, 2.45) is 16.6 Å². The summed E-state index contributed by atoms with van der Waals surface area (Å²) in [6.45, 7) is 0. The summed E-state index contributed by atoms with van der Waals surface area (Å²) < 4.78 is 0. The van der Waals surface area contributed by atoms with Gasteiger partial charge in [-0.3, -0.25) is 9.69 Å². The van der Waals surface area contributed by atoms with Gasteiger partial charge in [0.25, 0.3) is 5.91 Å². The van der Waals surface area contributed by atoms with Crippen LogP contribution in [0.1, 0.15) is 76.2 Å². The first-order valence-electron chi connectivity index (χ1n) is 12.0. The Morgan fingerprint density at radius 3 is 2.50 bits per heavy atom. The van der Waals surface area contributed by atoms with E-state index in [-0.39, 0.29) is 5.91 Å². The normalized spacial score (nSPS) is 30.1. The van der Waals surface area contributed by atoms with Gasteiger partial charge >= 0.3 is 0 Å². The molecular weight excluding hydrogens is 372 g/mol. The Morgan fingerprint density at radius 1 is 1.07 bits per heavy atom. The molecule has 0 unspecified atom stereocenters. The Bertz CT molecular complexity index is 743. The lowest BCUT2D eigenvalue weighted by Gasteiger charge is -2.34. The molecule has 1 aliphatic heterocycles. The van der Waals surface area contributed by atoms with Crippen molar-refractivity contribution in [1.29, 1.82) is 0 Å². The molecule has 0 spiro atoms. The fraction of sp³-hybridized carbons (Fsp3) is 0.680. The van der Waals surface area contributed by atoms with Gasteiger partial charge in [-0.05, 0) is 62.8 Å². The number of guanidine groups is 1. The lowest BCUT2D eigenvalue weighted by Crippen LogP contribution is -2.43. The zero-order valence-electron chi connectivity index (χ0n) is 18.5. The van der Waals surface area contributed by atoms with Gasteiger partial charge < -0.3 is 11.1 Å². The van der Waals surface area contributed by atoms with E-state index in [0.717, 1.165) is 31.7 Å². The number of rotatable bonds is 8. The molecule has 3 N–H and O–H groups in total. The van der Waals surface area contributed by atoms with Crippen molar-refractivity contribution in [2.45, 2.75) is 94.7 Å². The molecule has 4 rings (SSSR count). The summed E-state index contributed by atoms with van der Waals surface area (Å²) in [5.74, 6) is 1.13. The van der Waals surface area contributed by atoms with E-state index in [0.29, 0.717) is 17.9 Å². The van der Waals surface area contributed by atoms with Crippen molar-refractivity contribution in [2.75, 3.05) is 7.05 Å². The van der Waals surface area contributed by atoms with Gasteiger partial charge in [0.05, 0.1) is 0 Å². The maximum Gasteiger partial charge on any atom is 0.257 e. The molecule has 3 aliphatic rings. The predicted molar refractivity (Wildman–Crippen MR) is 122 cm³/mol. The number of carbonyl (C=O) groups is 1. The van der Waals surface area contributed by atoms with E-state index in [1.807, 2.05) is 6.07 Å². The topological polar surface area (TPSA) is 70.7 Å². The molecule has 2 aliphatic carbocycles. The Kier molecular flexibility index (Phi) is 6.77. The molecular formula is C25H38N4O. The van der Waals surface area contributed by atoms with Crippen molar-refractivity contribution in [3.8, 4) is 0 Å². The standard InChI is InChI=1S/C25H38N4O/c1-29-23(30)25(28-24(29)26,16-14-19-8-3-2-4-9-19)17-15-20-10-7-13-22(18-20)27-21-11-5-6-12-21/h2-4,8-9,20-22,27H,5-7,10-18H2,1H3,(H2,26,28)/t20-,22+,25-/m0/s1. The number of nitrogens with zero attached hydrogens (tertiary/aromatic N) is 2. The van der Waals surface area contributed by atoms with Crippen LogP contribution in [-0.4, -0.2) is 41.4 Å². The minimum absolute atomic E-state index is 0.0763. The summed E-state index contributed by atoms with van der Waals surface area (Å²) in [6, 6.07) is 11.8. The van der Waals surface area contributed by atoms with Gasteiger partial charge in [-0.25, -0.2) is 4.99 Å². The number of nitrogens with two attached hydrogens (primary N) is 1. The molecule has 30 heavy (non-hydrogen) atoms. The molecule has 1 amide bonds. The van der Waals surface area contributed by atoms with Gasteiger partial charge in [-0.2, -0.15) is 0 Å². The van der Waals surface area contributed by atoms with Gasteiger partial charge in [0.1, 0.15) is 5.54 Å². The van der Waals surface area contributed by atoms with Crippen molar-refractivity contribution in [3.63, 3.8) is 0 Å². The van der Waals surface area contributed by atoms with E-state index >= 15 is 0 Å². The number of benzene rings is 1. The van der Waals surface area contributed by atoms with Gasteiger partial charge in [-0.1, -0.05) is 56.0 Å². The van der Waals surface area contributed by atoms with Crippen LogP contribution < -0.4 is 11.1 Å². The van der Waals surface area contributed by atoms with Crippen LogP contribution in [0.15, 0.2) is 35.3 Å². The highest BCUT2D eigenvalue weighted by molar-refractivity contribution is 6.06. The molecule has 1 heterocycles. The average Bonchev–Trinajstić information content (AvgIpc) is 3.35. The van der Waals surface area contributed by atoms with Gasteiger partial charge in [0.15, 0.2) is 5.96 Å². The fourth-order valence-electron chi connectivity index (χ4n) is 5.78. The maximum absolute atomic E-state index is 13.1. The SMILES string of the molecule is CN1C(=O)[C@](CCc2ccccc2)(CC[C@@H]2CCC[C@@H](NC3CCCC3)C2)N=C1N. The first kappa shape index (κ1) is 21.4. The second kappa shape index (κ2) is 9.51. The molecule has 2 fully saturated rings. The van der Waals surface area contributed by atoms with Crippen LogP contribution in [0.4, 0.5) is 0 Å². The summed E-state index contributed by atoms with van der Waals surface area (Å²) in [6.07, 6.45) is 14.0. The molecule has 5 heteroatoms. The van der Waals surface area contributed by atoms with Gasteiger partial charge in [0.2, 0.25) is 0 Å². The van der Waals surface area contributed by atoms with Crippen molar-refractivity contribution < 1.29 is 4.79 Å². The Morgan fingerprint density at radius 2 is 1.80 bits per heavy atom. The summed E-state index contributed by atoms with van der Waals surface area (Å²) in [5.41, 5.74) is 6.66. The molecule has 2 saturated carbocycles. The third-order valence-corrected chi connectivity index (χ3v) is 7.62. The van der Waals surface area contributed by atoms with E-state index in [9.17, 15) is 4.79 Å². The Labute approximate surface area is 181 Å². The second-order valence-electron chi connectivity index (χ2n) is 9.77. The number of nitrogens with one attached hydrogen (secondary N) is 1. The molecule has 1 aromatic rings. The van der Waals surface area contributed by atoms with E-state index in [1.54, 1.807) is 11.9 Å². The molecule has 1 aromatic carbocycles. The van der Waals surface area contributed by atoms with Crippen LogP contribution in [0.5, 0.6) is 0 Å². The number of hydrogen-bond donors (Lipinski definition) is 2. The molecule has 0 saturated heterocycles. The highest BCUT2D eigenvalue weighted by Crippen LogP contribution is 2.36. The minimum atomic E-state index is -0.680. The minimum Gasteiger partial charge on any atom is -0.369 e. The molecule has 0 bridgehead atoms. The van der Waals surface area contributed by atoms with E-state index in [4.69, 9.17) is 10.7 Å². The van der Waals surface area contributed by atoms with Crippen molar-refractivity contribution in [3.05, 3.63) is 35.9 Å². The van der Waals surface area contributed by atoms with Gasteiger partial charge in [-0.15, -0.1) is 0 Å². The largest absolute Gasteiger partial charge is 0.369 e.